The van der Waals surface area contributed by atoms with Gasteiger partial charge in [0.1, 0.15) is 0 Å². The predicted octanol–water partition coefficient (Wildman–Crippen LogP) is 5.82. The smallest absolute Gasteiger partial charge is 0.238 e. The third-order valence-electron chi connectivity index (χ3n) is 7.07. The Morgan fingerprint density at radius 3 is 1.58 bits per heavy atom. The van der Waals surface area contributed by atoms with Crippen LogP contribution in [0.1, 0.15) is 17.5 Å². The molecule has 3 aromatic carbocycles. The van der Waals surface area contributed by atoms with Crippen molar-refractivity contribution in [1.29, 1.82) is 0 Å². The first-order valence-corrected chi connectivity index (χ1v) is 11.4. The number of rotatable bonds is 3. The molecular formula is C27H20BrNO2. The first-order valence-electron chi connectivity index (χ1n) is 10.6. The second-order valence-corrected chi connectivity index (χ2v) is 9.38. The maximum absolute atomic E-state index is 13.6. The number of halogens is 1. The van der Waals surface area contributed by atoms with E-state index in [-0.39, 0.29) is 35.5 Å². The molecule has 3 aliphatic rings. The summed E-state index contributed by atoms with van der Waals surface area (Å²) >= 11 is 3.53. The Bertz CT molecular complexity index is 1160. The Kier molecular flexibility index (Phi) is 4.25. The minimum Gasteiger partial charge on any atom is -0.274 e. The van der Waals surface area contributed by atoms with Crippen LogP contribution in [0, 0.1) is 23.7 Å². The van der Waals surface area contributed by atoms with Gasteiger partial charge in [-0.15, -0.1) is 0 Å². The fourth-order valence-corrected chi connectivity index (χ4v) is 6.43. The van der Waals surface area contributed by atoms with E-state index in [0.29, 0.717) is 5.69 Å². The molecule has 3 aromatic rings. The van der Waals surface area contributed by atoms with Crippen LogP contribution in [0.3, 0.4) is 0 Å². The van der Waals surface area contributed by atoms with Crippen LogP contribution < -0.4 is 4.90 Å². The van der Waals surface area contributed by atoms with E-state index in [1.54, 1.807) is 0 Å². The summed E-state index contributed by atoms with van der Waals surface area (Å²) in [6.45, 7) is 0. The molecular weight excluding hydrogens is 450 g/mol. The van der Waals surface area contributed by atoms with Crippen molar-refractivity contribution < 1.29 is 9.59 Å². The molecule has 1 saturated heterocycles. The fraction of sp³-hybridized carbons (Fsp3) is 0.185. The van der Waals surface area contributed by atoms with Crippen molar-refractivity contribution in [3.8, 4) is 0 Å². The summed E-state index contributed by atoms with van der Waals surface area (Å²) in [7, 11) is 0. The first-order chi connectivity index (χ1) is 15.2. The monoisotopic (exact) mass is 469 g/mol. The number of amides is 2. The number of anilines is 1. The summed E-state index contributed by atoms with van der Waals surface area (Å²) in [5.74, 6) is -0.558. The van der Waals surface area contributed by atoms with E-state index in [1.807, 2.05) is 60.7 Å². The molecule has 4 atom stereocenters. The molecule has 4 unspecified atom stereocenters. The lowest BCUT2D eigenvalue weighted by Gasteiger charge is -2.27. The van der Waals surface area contributed by atoms with Crippen molar-refractivity contribution in [3.05, 3.63) is 101 Å². The highest BCUT2D eigenvalue weighted by atomic mass is 79.9. The third kappa shape index (κ3) is 2.64. The molecule has 31 heavy (non-hydrogen) atoms. The van der Waals surface area contributed by atoms with Gasteiger partial charge >= 0.3 is 0 Å². The van der Waals surface area contributed by atoms with Gasteiger partial charge in [0.05, 0.1) is 17.5 Å². The quantitative estimate of drug-likeness (QED) is 0.453. The summed E-state index contributed by atoms with van der Waals surface area (Å²) in [4.78, 5) is 28.7. The van der Waals surface area contributed by atoms with E-state index in [0.717, 1.165) is 22.0 Å². The lowest BCUT2D eigenvalue weighted by molar-refractivity contribution is -0.123. The van der Waals surface area contributed by atoms with Crippen LogP contribution in [0.25, 0.3) is 11.1 Å². The molecule has 1 aliphatic heterocycles. The van der Waals surface area contributed by atoms with E-state index in [4.69, 9.17) is 0 Å². The molecule has 0 radical (unpaired) electrons. The van der Waals surface area contributed by atoms with E-state index in [9.17, 15) is 9.59 Å². The lowest BCUT2D eigenvalue weighted by atomic mass is 9.73. The minimum atomic E-state index is -0.285. The number of benzene rings is 3. The molecule has 1 saturated carbocycles. The highest BCUT2D eigenvalue weighted by Gasteiger charge is 2.64. The Hall–Kier alpha value is -2.98. The molecule has 0 spiro atoms. The zero-order chi connectivity index (χ0) is 21.1. The van der Waals surface area contributed by atoms with Crippen LogP contribution in [0.2, 0.25) is 0 Å². The van der Waals surface area contributed by atoms with E-state index < -0.39 is 0 Å². The summed E-state index contributed by atoms with van der Waals surface area (Å²) in [6.07, 6.45) is 0.866. The molecule has 3 nitrogen and oxygen atoms in total. The molecule has 152 valence electrons. The summed E-state index contributed by atoms with van der Waals surface area (Å²) < 4.78 is 0.767. The van der Waals surface area contributed by atoms with Gasteiger partial charge in [0, 0.05) is 4.47 Å². The lowest BCUT2D eigenvalue weighted by Crippen LogP contribution is -2.33. The van der Waals surface area contributed by atoms with Gasteiger partial charge in [-0.1, -0.05) is 72.8 Å². The van der Waals surface area contributed by atoms with Gasteiger partial charge in [0.15, 0.2) is 0 Å². The van der Waals surface area contributed by atoms with Crippen LogP contribution in [0.5, 0.6) is 0 Å². The molecule has 0 aromatic heterocycles. The number of carbonyl (C=O) groups excluding carboxylic acids is 2. The number of hydrogen-bond acceptors (Lipinski definition) is 2. The molecule has 2 bridgehead atoms. The van der Waals surface area contributed by atoms with Crippen molar-refractivity contribution in [2.75, 3.05) is 4.90 Å². The number of imide groups is 1. The minimum absolute atomic E-state index is 0.0602. The molecule has 2 aliphatic carbocycles. The van der Waals surface area contributed by atoms with Crippen LogP contribution in [0.4, 0.5) is 5.69 Å². The summed E-state index contributed by atoms with van der Waals surface area (Å²) in [6, 6.07) is 28.2. The van der Waals surface area contributed by atoms with Crippen molar-refractivity contribution in [3.63, 3.8) is 0 Å². The van der Waals surface area contributed by atoms with E-state index >= 15 is 0 Å². The van der Waals surface area contributed by atoms with Gasteiger partial charge in [-0.05, 0) is 68.6 Å². The second kappa shape index (κ2) is 7.03. The Labute approximate surface area is 189 Å². The zero-order valence-corrected chi connectivity index (χ0v) is 18.3. The SMILES string of the molecule is O=C1C2C3CC(C(c4ccccc4)=C3c3ccccc3)C2C(=O)N1c1ccccc1Br. The number of fused-ring (bicyclic) bond motifs is 5. The van der Waals surface area contributed by atoms with Crippen LogP contribution in [-0.2, 0) is 9.59 Å². The van der Waals surface area contributed by atoms with Gasteiger partial charge in [-0.25, -0.2) is 4.90 Å². The number of hydrogen-bond donors (Lipinski definition) is 0. The fourth-order valence-electron chi connectivity index (χ4n) is 5.96. The molecule has 0 N–H and O–H groups in total. The number of para-hydroxylation sites is 1. The van der Waals surface area contributed by atoms with Crippen LogP contribution in [-0.4, -0.2) is 11.8 Å². The van der Waals surface area contributed by atoms with E-state index in [2.05, 4.69) is 40.2 Å². The van der Waals surface area contributed by atoms with Gasteiger partial charge in [-0.2, -0.15) is 0 Å². The van der Waals surface area contributed by atoms with Crippen molar-refractivity contribution in [1.82, 2.24) is 0 Å². The van der Waals surface area contributed by atoms with Gasteiger partial charge < -0.3 is 0 Å². The van der Waals surface area contributed by atoms with Crippen LogP contribution >= 0.6 is 15.9 Å². The van der Waals surface area contributed by atoms with Crippen LogP contribution in [0.15, 0.2) is 89.4 Å². The zero-order valence-electron chi connectivity index (χ0n) is 16.7. The third-order valence-corrected chi connectivity index (χ3v) is 7.74. The standard InChI is InChI=1S/C27H20BrNO2/c28-20-13-7-8-14-21(20)29-26(30)24-18-15-19(25(24)27(29)31)23(17-11-5-2-6-12-17)22(18)16-9-3-1-4-10-16/h1-14,18-19,24-25H,15H2. The number of carbonyl (C=O) groups is 2. The first kappa shape index (κ1) is 18.8. The predicted molar refractivity (Wildman–Crippen MR) is 125 cm³/mol. The molecule has 2 fully saturated rings. The second-order valence-electron chi connectivity index (χ2n) is 8.52. The molecule has 4 heteroatoms. The average molecular weight is 470 g/mol. The van der Waals surface area contributed by atoms with Crippen molar-refractivity contribution in [2.24, 2.45) is 23.7 Å². The maximum Gasteiger partial charge on any atom is 0.238 e. The largest absolute Gasteiger partial charge is 0.274 e. The maximum atomic E-state index is 13.6. The number of allylic oxidation sites excluding steroid dienone is 2. The molecule has 1 heterocycles. The highest BCUT2D eigenvalue weighted by molar-refractivity contribution is 9.10. The summed E-state index contributed by atoms with van der Waals surface area (Å²) in [5.41, 5.74) is 5.45. The average Bonchev–Trinajstić information content (AvgIpc) is 3.45. The Balaban J connectivity index is 1.51. The molecule has 6 rings (SSSR count). The van der Waals surface area contributed by atoms with E-state index in [1.165, 1.54) is 16.0 Å². The summed E-state index contributed by atoms with van der Waals surface area (Å²) in [5, 5.41) is 0. The Morgan fingerprint density at radius 2 is 1.10 bits per heavy atom. The number of nitrogens with zero attached hydrogens (tertiary/aromatic N) is 1. The highest BCUT2D eigenvalue weighted by Crippen LogP contribution is 2.64. The normalized spacial score (nSPS) is 26.7. The van der Waals surface area contributed by atoms with Gasteiger partial charge in [-0.3, -0.25) is 9.59 Å². The topological polar surface area (TPSA) is 37.4 Å². The molecule has 2 amide bonds. The van der Waals surface area contributed by atoms with Crippen molar-refractivity contribution in [2.45, 2.75) is 6.42 Å². The van der Waals surface area contributed by atoms with Crippen molar-refractivity contribution >= 4 is 44.6 Å². The van der Waals surface area contributed by atoms with Gasteiger partial charge in [0.2, 0.25) is 11.8 Å². The Morgan fingerprint density at radius 1 is 0.645 bits per heavy atom. The van der Waals surface area contributed by atoms with Gasteiger partial charge in [0.25, 0.3) is 0 Å².